The van der Waals surface area contributed by atoms with E-state index in [0.717, 1.165) is 33.5 Å². The molecule has 1 aliphatic rings. The van der Waals surface area contributed by atoms with Gasteiger partial charge in [-0.3, -0.25) is 0 Å². The molecule has 0 fully saturated rings. The Hall–Kier alpha value is -2.79. The molecule has 1 heterocycles. The second-order valence-corrected chi connectivity index (χ2v) is 4.95. The lowest BCUT2D eigenvalue weighted by atomic mass is 10.1. The van der Waals surface area contributed by atoms with Gasteiger partial charge in [-0.2, -0.15) is 0 Å². The van der Waals surface area contributed by atoms with Gasteiger partial charge in [-0.15, -0.1) is 0 Å². The summed E-state index contributed by atoms with van der Waals surface area (Å²) in [6.45, 7) is 0.0801. The SMILES string of the molecule is OCCO/N=C1\c2ccccc2-c2nc3ccccc3nc21. The maximum atomic E-state index is 8.85. The van der Waals surface area contributed by atoms with Crippen LogP contribution in [0.4, 0.5) is 0 Å². The second kappa shape index (κ2) is 5.20. The van der Waals surface area contributed by atoms with E-state index >= 15 is 0 Å². The lowest BCUT2D eigenvalue weighted by Gasteiger charge is -2.03. The van der Waals surface area contributed by atoms with Gasteiger partial charge in [0.15, 0.2) is 0 Å². The Morgan fingerprint density at radius 1 is 0.864 bits per heavy atom. The van der Waals surface area contributed by atoms with E-state index in [1.54, 1.807) is 0 Å². The van der Waals surface area contributed by atoms with Crippen molar-refractivity contribution < 1.29 is 9.94 Å². The molecule has 5 heteroatoms. The summed E-state index contributed by atoms with van der Waals surface area (Å²) >= 11 is 0. The van der Waals surface area contributed by atoms with Crippen molar-refractivity contribution in [2.75, 3.05) is 13.2 Å². The smallest absolute Gasteiger partial charge is 0.140 e. The third-order valence-corrected chi connectivity index (χ3v) is 3.57. The molecule has 0 aliphatic heterocycles. The van der Waals surface area contributed by atoms with Crippen LogP contribution in [0.25, 0.3) is 22.3 Å². The van der Waals surface area contributed by atoms with Crippen LogP contribution in [0, 0.1) is 0 Å². The zero-order valence-corrected chi connectivity index (χ0v) is 11.7. The lowest BCUT2D eigenvalue weighted by Crippen LogP contribution is -2.04. The summed E-state index contributed by atoms with van der Waals surface area (Å²) in [5.41, 5.74) is 5.83. The van der Waals surface area contributed by atoms with Crippen LogP contribution >= 0.6 is 0 Å². The predicted octanol–water partition coefficient (Wildman–Crippen LogP) is 2.37. The molecule has 22 heavy (non-hydrogen) atoms. The van der Waals surface area contributed by atoms with E-state index in [1.807, 2.05) is 48.5 Å². The summed E-state index contributed by atoms with van der Waals surface area (Å²) in [5.74, 6) is 0. The molecule has 108 valence electrons. The zero-order chi connectivity index (χ0) is 14.9. The van der Waals surface area contributed by atoms with E-state index in [9.17, 15) is 0 Å². The molecule has 4 rings (SSSR count). The number of aromatic nitrogens is 2. The Balaban J connectivity index is 1.95. The Kier molecular flexibility index (Phi) is 3.05. The van der Waals surface area contributed by atoms with Gasteiger partial charge in [-0.25, -0.2) is 9.97 Å². The van der Waals surface area contributed by atoms with E-state index < -0.39 is 0 Å². The van der Waals surface area contributed by atoms with Crippen LogP contribution in [-0.2, 0) is 4.84 Å². The normalized spacial score (nSPS) is 14.1. The Labute approximate surface area is 126 Å². The van der Waals surface area contributed by atoms with Crippen molar-refractivity contribution in [2.45, 2.75) is 0 Å². The number of benzene rings is 2. The van der Waals surface area contributed by atoms with Gasteiger partial charge in [0.1, 0.15) is 18.0 Å². The summed E-state index contributed by atoms with van der Waals surface area (Å²) in [6.07, 6.45) is 0. The van der Waals surface area contributed by atoms with Crippen LogP contribution in [0.2, 0.25) is 0 Å². The van der Waals surface area contributed by atoms with Crippen molar-refractivity contribution in [3.63, 3.8) is 0 Å². The third-order valence-electron chi connectivity index (χ3n) is 3.57. The minimum atomic E-state index is -0.0747. The standard InChI is InChI=1S/C17H13N3O2/c21-9-10-22-20-16-12-6-2-1-5-11(12)15-17(16)19-14-8-4-3-7-13(14)18-15/h1-8,21H,9-10H2/b20-16+. The number of aliphatic hydroxyl groups is 1. The number of fused-ring (bicyclic) bond motifs is 4. The van der Waals surface area contributed by atoms with Crippen molar-refractivity contribution in [3.8, 4) is 11.3 Å². The zero-order valence-electron chi connectivity index (χ0n) is 11.7. The molecule has 3 aromatic rings. The quantitative estimate of drug-likeness (QED) is 0.465. The number of oxime groups is 1. The number of aliphatic hydroxyl groups excluding tert-OH is 1. The molecule has 0 atom stereocenters. The summed E-state index contributed by atoms with van der Waals surface area (Å²) in [4.78, 5) is 14.6. The van der Waals surface area contributed by atoms with Crippen LogP contribution in [0.5, 0.6) is 0 Å². The Morgan fingerprint density at radius 2 is 1.50 bits per heavy atom. The summed E-state index contributed by atoms with van der Waals surface area (Å²) in [6, 6.07) is 15.7. The van der Waals surface area contributed by atoms with Gasteiger partial charge in [0.05, 0.1) is 23.3 Å². The summed E-state index contributed by atoms with van der Waals surface area (Å²) in [5, 5.41) is 13.0. The monoisotopic (exact) mass is 291 g/mol. The van der Waals surface area contributed by atoms with Crippen molar-refractivity contribution in [3.05, 3.63) is 59.8 Å². The molecule has 0 bridgehead atoms. The molecule has 1 N–H and O–H groups in total. The fourth-order valence-electron chi connectivity index (χ4n) is 2.62. The maximum absolute atomic E-state index is 8.85. The highest BCUT2D eigenvalue weighted by Gasteiger charge is 2.28. The van der Waals surface area contributed by atoms with E-state index in [0.29, 0.717) is 5.71 Å². The summed E-state index contributed by atoms with van der Waals surface area (Å²) in [7, 11) is 0. The molecule has 0 saturated carbocycles. The first-order valence-electron chi connectivity index (χ1n) is 7.06. The van der Waals surface area contributed by atoms with Crippen LogP contribution in [-0.4, -0.2) is 34.0 Å². The largest absolute Gasteiger partial charge is 0.393 e. The first-order chi connectivity index (χ1) is 10.9. The van der Waals surface area contributed by atoms with Crippen LogP contribution in [0.3, 0.4) is 0 Å². The second-order valence-electron chi connectivity index (χ2n) is 4.95. The minimum Gasteiger partial charge on any atom is -0.393 e. The molecule has 0 amide bonds. The molecule has 0 unspecified atom stereocenters. The van der Waals surface area contributed by atoms with Crippen molar-refractivity contribution in [2.24, 2.45) is 5.16 Å². The fourth-order valence-corrected chi connectivity index (χ4v) is 2.62. The van der Waals surface area contributed by atoms with Crippen molar-refractivity contribution in [1.82, 2.24) is 9.97 Å². The van der Waals surface area contributed by atoms with E-state index in [4.69, 9.17) is 19.9 Å². The number of hydrogen-bond acceptors (Lipinski definition) is 5. The Bertz CT molecular complexity index is 890. The molecular weight excluding hydrogens is 278 g/mol. The van der Waals surface area contributed by atoms with Crippen LogP contribution < -0.4 is 0 Å². The van der Waals surface area contributed by atoms with Gasteiger partial charge in [-0.1, -0.05) is 41.6 Å². The van der Waals surface area contributed by atoms with Gasteiger partial charge in [-0.05, 0) is 12.1 Å². The van der Waals surface area contributed by atoms with Gasteiger partial charge in [0.25, 0.3) is 0 Å². The third kappa shape index (κ3) is 1.95. The molecule has 2 aromatic carbocycles. The molecule has 5 nitrogen and oxygen atoms in total. The number of nitrogens with zero attached hydrogens (tertiary/aromatic N) is 3. The molecule has 0 radical (unpaired) electrons. The van der Waals surface area contributed by atoms with E-state index in [1.165, 1.54) is 0 Å². The van der Waals surface area contributed by atoms with Gasteiger partial charge >= 0.3 is 0 Å². The van der Waals surface area contributed by atoms with Crippen LogP contribution in [0.15, 0.2) is 53.7 Å². The first-order valence-corrected chi connectivity index (χ1v) is 7.06. The van der Waals surface area contributed by atoms with E-state index in [-0.39, 0.29) is 13.2 Å². The fraction of sp³-hybridized carbons (Fsp3) is 0.118. The van der Waals surface area contributed by atoms with Gasteiger partial charge in [0.2, 0.25) is 0 Å². The van der Waals surface area contributed by atoms with Gasteiger partial charge < -0.3 is 9.94 Å². The molecule has 1 aliphatic carbocycles. The highest BCUT2D eigenvalue weighted by molar-refractivity contribution is 6.23. The lowest BCUT2D eigenvalue weighted by molar-refractivity contribution is 0.0989. The molecule has 0 spiro atoms. The van der Waals surface area contributed by atoms with Gasteiger partial charge in [0, 0.05) is 11.1 Å². The first kappa shape index (κ1) is 12.9. The average Bonchev–Trinajstić information content (AvgIpc) is 2.87. The summed E-state index contributed by atoms with van der Waals surface area (Å²) < 4.78 is 0. The minimum absolute atomic E-state index is 0.0747. The van der Waals surface area contributed by atoms with Crippen molar-refractivity contribution in [1.29, 1.82) is 0 Å². The average molecular weight is 291 g/mol. The Morgan fingerprint density at radius 3 is 2.23 bits per heavy atom. The number of rotatable bonds is 3. The van der Waals surface area contributed by atoms with E-state index in [2.05, 4.69) is 5.16 Å². The topological polar surface area (TPSA) is 67.6 Å². The number of para-hydroxylation sites is 2. The molecule has 1 aromatic heterocycles. The molecular formula is C17H13N3O2. The highest BCUT2D eigenvalue weighted by atomic mass is 16.6. The highest BCUT2D eigenvalue weighted by Crippen LogP contribution is 2.35. The van der Waals surface area contributed by atoms with Crippen molar-refractivity contribution >= 4 is 16.7 Å². The number of hydrogen-bond donors (Lipinski definition) is 1. The predicted molar refractivity (Wildman–Crippen MR) is 83.7 cm³/mol. The molecule has 0 saturated heterocycles. The van der Waals surface area contributed by atoms with Crippen LogP contribution in [0.1, 0.15) is 11.3 Å². The maximum Gasteiger partial charge on any atom is 0.140 e.